The van der Waals surface area contributed by atoms with E-state index in [9.17, 15) is 9.90 Å². The molecule has 1 aliphatic heterocycles. The molecule has 2 rings (SSSR count). The molecule has 0 spiro atoms. The van der Waals surface area contributed by atoms with Crippen molar-refractivity contribution < 1.29 is 19.4 Å². The Labute approximate surface area is 133 Å². The molecule has 1 N–H and O–H groups in total. The van der Waals surface area contributed by atoms with Crippen LogP contribution in [0.2, 0.25) is 0 Å². The van der Waals surface area contributed by atoms with Crippen LogP contribution in [-0.2, 0) is 14.3 Å². The van der Waals surface area contributed by atoms with Crippen LogP contribution in [0.1, 0.15) is 41.0 Å². The lowest BCUT2D eigenvalue weighted by molar-refractivity contribution is -0.163. The molecule has 4 heteroatoms. The van der Waals surface area contributed by atoms with Gasteiger partial charge in [-0.05, 0) is 44.6 Å². The number of esters is 1. The average Bonchev–Trinajstić information content (AvgIpc) is 2.75. The van der Waals surface area contributed by atoms with Gasteiger partial charge in [-0.1, -0.05) is 32.1 Å². The average molecular weight is 308 g/mol. The number of hydrogen-bond donors (Lipinski definition) is 1. The summed E-state index contributed by atoms with van der Waals surface area (Å²) < 4.78 is 11.1. The van der Waals surface area contributed by atoms with Gasteiger partial charge in [0.05, 0.1) is 12.7 Å². The summed E-state index contributed by atoms with van der Waals surface area (Å²) in [6, 6.07) is 0. The van der Waals surface area contributed by atoms with Crippen LogP contribution in [0.25, 0.3) is 0 Å². The first-order valence-electron chi connectivity index (χ1n) is 8.12. The van der Waals surface area contributed by atoms with Gasteiger partial charge in [-0.15, -0.1) is 0 Å². The maximum absolute atomic E-state index is 12.3. The number of hydrogen-bond acceptors (Lipinski definition) is 4. The highest BCUT2D eigenvalue weighted by molar-refractivity contribution is 5.78. The number of carbonyl (C=O) groups excluding carboxylic acids is 1. The maximum atomic E-state index is 12.3. The highest BCUT2D eigenvalue weighted by Gasteiger charge is 2.63. The third-order valence-electron chi connectivity index (χ3n) is 5.15. The number of ether oxygens (including phenoxy) is 2. The Morgan fingerprint density at radius 2 is 2.23 bits per heavy atom. The van der Waals surface area contributed by atoms with Gasteiger partial charge in [0, 0.05) is 5.92 Å². The molecule has 0 radical (unpaired) electrons. The minimum Gasteiger partial charge on any atom is -0.464 e. The number of carbonyl (C=O) groups is 1. The smallest absolute Gasteiger partial charge is 0.338 e. The summed E-state index contributed by atoms with van der Waals surface area (Å²) in [6.45, 7) is 14.1. The number of allylic oxidation sites excluding steroid dienone is 1. The second kappa shape index (κ2) is 6.17. The van der Waals surface area contributed by atoms with Crippen LogP contribution in [0.15, 0.2) is 23.8 Å². The lowest BCUT2D eigenvalue weighted by Crippen LogP contribution is -2.54. The number of aliphatic hydroxyl groups is 1. The summed E-state index contributed by atoms with van der Waals surface area (Å²) >= 11 is 0. The molecule has 0 bridgehead atoms. The van der Waals surface area contributed by atoms with Crippen LogP contribution in [0.4, 0.5) is 0 Å². The van der Waals surface area contributed by atoms with Crippen LogP contribution in [0.5, 0.6) is 0 Å². The molecular formula is C18H28O4. The number of fused-ring (bicyclic) bond motifs is 1. The predicted molar refractivity (Wildman–Crippen MR) is 85.2 cm³/mol. The third-order valence-corrected chi connectivity index (χ3v) is 5.15. The zero-order valence-electron chi connectivity index (χ0n) is 14.3. The molecule has 0 unspecified atom stereocenters. The lowest BCUT2D eigenvalue weighted by Gasteiger charge is -2.43. The van der Waals surface area contributed by atoms with E-state index in [0.29, 0.717) is 5.92 Å². The van der Waals surface area contributed by atoms with Crippen molar-refractivity contribution in [1.82, 2.24) is 0 Å². The molecule has 0 saturated carbocycles. The van der Waals surface area contributed by atoms with Crippen LogP contribution >= 0.6 is 0 Å². The van der Waals surface area contributed by atoms with E-state index in [1.165, 1.54) is 0 Å². The van der Waals surface area contributed by atoms with Crippen LogP contribution in [0.3, 0.4) is 0 Å². The second-order valence-corrected chi connectivity index (χ2v) is 6.92. The molecule has 0 amide bonds. The van der Waals surface area contributed by atoms with E-state index in [1.807, 2.05) is 19.9 Å². The fraction of sp³-hybridized carbons (Fsp3) is 0.722. The largest absolute Gasteiger partial charge is 0.464 e. The normalized spacial score (nSPS) is 37.7. The molecule has 1 aliphatic carbocycles. The quantitative estimate of drug-likeness (QED) is 0.641. The molecule has 124 valence electrons. The lowest BCUT2D eigenvalue weighted by atomic mass is 9.62. The van der Waals surface area contributed by atoms with E-state index < -0.39 is 17.7 Å². The molecule has 1 saturated heterocycles. The zero-order valence-corrected chi connectivity index (χ0v) is 14.3. The van der Waals surface area contributed by atoms with Crippen LogP contribution in [-0.4, -0.2) is 35.5 Å². The van der Waals surface area contributed by atoms with Crippen LogP contribution in [0, 0.1) is 17.8 Å². The first-order chi connectivity index (χ1) is 10.2. The Kier molecular flexibility index (Phi) is 4.83. The maximum Gasteiger partial charge on any atom is 0.338 e. The van der Waals surface area contributed by atoms with Gasteiger partial charge in [-0.25, -0.2) is 4.79 Å². The molecule has 0 aromatic heterocycles. The van der Waals surface area contributed by atoms with Gasteiger partial charge in [0.15, 0.2) is 6.10 Å². The molecule has 22 heavy (non-hydrogen) atoms. The van der Waals surface area contributed by atoms with Crippen molar-refractivity contribution in [2.45, 2.75) is 58.8 Å². The Hall–Kier alpha value is -1.13. The Morgan fingerprint density at radius 3 is 2.73 bits per heavy atom. The molecule has 1 heterocycles. The van der Waals surface area contributed by atoms with Gasteiger partial charge >= 0.3 is 5.97 Å². The van der Waals surface area contributed by atoms with Crippen molar-refractivity contribution in [3.8, 4) is 0 Å². The molecule has 1 fully saturated rings. The Morgan fingerprint density at radius 1 is 1.59 bits per heavy atom. The van der Waals surface area contributed by atoms with Crippen molar-refractivity contribution in [2.24, 2.45) is 17.8 Å². The van der Waals surface area contributed by atoms with Crippen molar-refractivity contribution in [3.05, 3.63) is 23.8 Å². The minimum atomic E-state index is -1.30. The van der Waals surface area contributed by atoms with E-state index in [2.05, 4.69) is 20.4 Å². The summed E-state index contributed by atoms with van der Waals surface area (Å²) in [5.41, 5.74) is 0.343. The van der Waals surface area contributed by atoms with Crippen LogP contribution < -0.4 is 0 Å². The van der Waals surface area contributed by atoms with E-state index in [4.69, 9.17) is 9.47 Å². The Bertz CT molecular complexity index is 493. The molecule has 4 nitrogen and oxygen atoms in total. The van der Waals surface area contributed by atoms with E-state index in [0.717, 1.165) is 17.6 Å². The van der Waals surface area contributed by atoms with Gasteiger partial charge in [0.2, 0.25) is 0 Å². The van der Waals surface area contributed by atoms with Crippen molar-refractivity contribution in [1.29, 1.82) is 0 Å². The van der Waals surface area contributed by atoms with Crippen molar-refractivity contribution in [3.63, 3.8) is 0 Å². The van der Waals surface area contributed by atoms with E-state index in [-0.39, 0.29) is 24.5 Å². The van der Waals surface area contributed by atoms with Crippen molar-refractivity contribution >= 4 is 5.97 Å². The minimum absolute atomic E-state index is 0.163. The summed E-state index contributed by atoms with van der Waals surface area (Å²) in [6.07, 6.45) is 1.63. The monoisotopic (exact) mass is 308 g/mol. The highest BCUT2D eigenvalue weighted by atomic mass is 16.6. The summed E-state index contributed by atoms with van der Waals surface area (Å²) in [5, 5.41) is 11.4. The Balaban J connectivity index is 2.50. The topological polar surface area (TPSA) is 55.8 Å². The second-order valence-electron chi connectivity index (χ2n) is 6.92. The fourth-order valence-electron chi connectivity index (χ4n) is 3.95. The summed E-state index contributed by atoms with van der Waals surface area (Å²) in [5.74, 6) is -0.0255. The molecule has 0 aromatic rings. The fourth-order valence-corrected chi connectivity index (χ4v) is 3.95. The standard InChI is InChI=1S/C18H28O4/c1-7-21-17(19)16-18(20)12(6)8-9-13(10(2)3)14(18)15(22-16)11(4)5/h8,10,13-16,20H,4,7,9H2,1-3,5-6H3/t13-,14+,15+,16-,18-/m1/s1. The van der Waals surface area contributed by atoms with Gasteiger partial charge in [0.1, 0.15) is 5.60 Å². The SMILES string of the molecule is C=C(C)[C@@H]1O[C@H](C(=O)OCC)[C@@]2(O)C(C)=CC[C@H](C(C)C)[C@@H]12. The van der Waals surface area contributed by atoms with Gasteiger partial charge < -0.3 is 14.6 Å². The highest BCUT2D eigenvalue weighted by Crippen LogP contribution is 2.52. The van der Waals surface area contributed by atoms with Gasteiger partial charge in [-0.2, -0.15) is 0 Å². The zero-order chi connectivity index (χ0) is 16.7. The molecule has 5 atom stereocenters. The predicted octanol–water partition coefficient (Wildman–Crippen LogP) is 2.86. The summed E-state index contributed by atoms with van der Waals surface area (Å²) in [4.78, 5) is 12.3. The van der Waals surface area contributed by atoms with Gasteiger partial charge in [-0.3, -0.25) is 0 Å². The first kappa shape index (κ1) is 17.2. The molecule has 2 aliphatic rings. The molecule has 0 aromatic carbocycles. The van der Waals surface area contributed by atoms with E-state index in [1.54, 1.807) is 6.92 Å². The number of rotatable bonds is 4. The van der Waals surface area contributed by atoms with Gasteiger partial charge in [0.25, 0.3) is 0 Å². The van der Waals surface area contributed by atoms with Crippen molar-refractivity contribution in [2.75, 3.05) is 6.61 Å². The summed E-state index contributed by atoms with van der Waals surface area (Å²) in [7, 11) is 0. The first-order valence-corrected chi connectivity index (χ1v) is 8.12. The molecular weight excluding hydrogens is 280 g/mol. The third kappa shape index (κ3) is 2.52. The van der Waals surface area contributed by atoms with E-state index >= 15 is 0 Å².